The zero-order valence-corrected chi connectivity index (χ0v) is 18.7. The van der Waals surface area contributed by atoms with Crippen molar-refractivity contribution in [1.29, 1.82) is 0 Å². The third-order valence-electron chi connectivity index (χ3n) is 4.32. The van der Waals surface area contributed by atoms with E-state index in [4.69, 9.17) is 0 Å². The van der Waals surface area contributed by atoms with Crippen molar-refractivity contribution in [1.82, 2.24) is 4.72 Å². The molecule has 3 aromatic carbocycles. The number of carbonyl (C=O) groups is 2. The fraction of sp³-hybridized carbons (Fsp3) is 0.130. The molecule has 0 saturated carbocycles. The molecule has 0 radical (unpaired) electrons. The van der Waals surface area contributed by atoms with Gasteiger partial charge in [-0.3, -0.25) is 4.79 Å². The van der Waals surface area contributed by atoms with E-state index < -0.39 is 33.3 Å². The van der Waals surface area contributed by atoms with Crippen molar-refractivity contribution in [2.75, 3.05) is 16.0 Å². The Kier molecular flexibility index (Phi) is 7.41. The number of para-hydroxylation sites is 1. The molecule has 3 aromatic rings. The average Bonchev–Trinajstić information content (AvgIpc) is 2.75. The van der Waals surface area contributed by atoms with Crippen molar-refractivity contribution in [3.8, 4) is 0 Å². The van der Waals surface area contributed by atoms with Crippen molar-refractivity contribution >= 4 is 39.0 Å². The number of sulfonamides is 1. The second-order valence-corrected chi connectivity index (χ2v) is 9.11. The van der Waals surface area contributed by atoms with Gasteiger partial charge < -0.3 is 16.0 Å². The highest BCUT2D eigenvalue weighted by Gasteiger charge is 2.20. The van der Waals surface area contributed by atoms with Crippen LogP contribution in [-0.2, 0) is 10.0 Å². The fourth-order valence-electron chi connectivity index (χ4n) is 2.87. The van der Waals surface area contributed by atoms with Crippen LogP contribution in [0.2, 0.25) is 0 Å². The van der Waals surface area contributed by atoms with E-state index in [9.17, 15) is 22.4 Å². The summed E-state index contributed by atoms with van der Waals surface area (Å²) in [6, 6.07) is 17.3. The molecular weight excluding hydrogens is 447 g/mol. The molecule has 0 atom stereocenters. The predicted octanol–water partition coefficient (Wildman–Crippen LogP) is 4.41. The van der Waals surface area contributed by atoms with Gasteiger partial charge in [-0.2, -0.15) is 0 Å². The van der Waals surface area contributed by atoms with Crippen molar-refractivity contribution in [3.63, 3.8) is 0 Å². The lowest BCUT2D eigenvalue weighted by molar-refractivity contribution is 0.102. The monoisotopic (exact) mass is 470 g/mol. The van der Waals surface area contributed by atoms with Crippen LogP contribution in [0, 0.1) is 5.82 Å². The van der Waals surface area contributed by atoms with Crippen LogP contribution >= 0.6 is 0 Å². The maximum atomic E-state index is 14.2. The second kappa shape index (κ2) is 10.2. The summed E-state index contributed by atoms with van der Waals surface area (Å²) in [5, 5.41) is 7.85. The Labute approximate surface area is 191 Å². The van der Waals surface area contributed by atoms with Crippen LogP contribution in [0.5, 0.6) is 0 Å². The molecule has 0 bridgehead atoms. The molecule has 0 heterocycles. The first-order valence-electron chi connectivity index (χ1n) is 10.0. The topological polar surface area (TPSA) is 116 Å². The Morgan fingerprint density at radius 2 is 1.33 bits per heavy atom. The number of hydrogen-bond donors (Lipinski definition) is 4. The minimum Gasteiger partial charge on any atom is -0.322 e. The number of halogens is 1. The quantitative estimate of drug-likeness (QED) is 0.409. The van der Waals surface area contributed by atoms with E-state index in [2.05, 4.69) is 20.7 Å². The van der Waals surface area contributed by atoms with Gasteiger partial charge in [-0.15, -0.1) is 0 Å². The zero-order valence-electron chi connectivity index (χ0n) is 17.9. The highest BCUT2D eigenvalue weighted by Crippen LogP contribution is 2.19. The summed E-state index contributed by atoms with van der Waals surface area (Å²) in [6.07, 6.45) is 0. The number of benzene rings is 3. The highest BCUT2D eigenvalue weighted by molar-refractivity contribution is 7.89. The van der Waals surface area contributed by atoms with Crippen LogP contribution in [0.3, 0.4) is 0 Å². The number of anilines is 3. The number of nitrogens with one attached hydrogen (secondary N) is 4. The Bertz CT molecular complexity index is 1250. The molecule has 0 aliphatic rings. The normalized spacial score (nSPS) is 11.2. The van der Waals surface area contributed by atoms with Crippen LogP contribution in [0.15, 0.2) is 77.7 Å². The van der Waals surface area contributed by atoms with Crippen molar-refractivity contribution in [2.45, 2.75) is 24.8 Å². The van der Waals surface area contributed by atoms with E-state index in [1.807, 2.05) is 6.07 Å². The van der Waals surface area contributed by atoms with E-state index in [0.717, 1.165) is 18.2 Å². The number of carbonyl (C=O) groups excluding carboxylic acids is 2. The molecule has 3 amide bonds. The maximum absolute atomic E-state index is 14.2. The first-order valence-corrected chi connectivity index (χ1v) is 11.5. The first kappa shape index (κ1) is 23.9. The first-order chi connectivity index (χ1) is 15.6. The van der Waals surface area contributed by atoms with Crippen LogP contribution in [0.1, 0.15) is 24.2 Å². The SMILES string of the molecule is CC(C)NS(=O)(=O)c1ccc(F)c(C(=O)Nc2ccc(NC(=O)Nc3ccccc3)cc2)c1. The smallest absolute Gasteiger partial charge is 0.322 e. The zero-order chi connectivity index (χ0) is 24.0. The fourth-order valence-corrected chi connectivity index (χ4v) is 4.15. The second-order valence-electron chi connectivity index (χ2n) is 7.39. The van der Waals surface area contributed by atoms with Gasteiger partial charge in [0.05, 0.1) is 10.5 Å². The van der Waals surface area contributed by atoms with Crippen molar-refractivity contribution < 1.29 is 22.4 Å². The lowest BCUT2D eigenvalue weighted by Crippen LogP contribution is -2.30. The molecule has 4 N–H and O–H groups in total. The average molecular weight is 471 g/mol. The van der Waals surface area contributed by atoms with Crippen molar-refractivity contribution in [3.05, 3.63) is 84.2 Å². The molecule has 33 heavy (non-hydrogen) atoms. The van der Waals surface area contributed by atoms with Gasteiger partial charge in [-0.25, -0.2) is 22.3 Å². The Hall–Kier alpha value is -3.76. The standard InChI is InChI=1S/C23H23FN4O4S/c1-15(2)28-33(31,32)19-12-13-21(24)20(14-19)22(29)25-17-8-10-18(11-9-17)27-23(30)26-16-6-4-3-5-7-16/h3-15,28H,1-2H3,(H,25,29)(H2,26,27,30). The van der Waals surface area contributed by atoms with Crippen LogP contribution in [0.4, 0.5) is 26.2 Å². The summed E-state index contributed by atoms with van der Waals surface area (Å²) in [4.78, 5) is 24.4. The molecule has 172 valence electrons. The summed E-state index contributed by atoms with van der Waals surface area (Å²) in [5.74, 6) is -1.66. The summed E-state index contributed by atoms with van der Waals surface area (Å²) < 4.78 is 41.3. The largest absolute Gasteiger partial charge is 0.323 e. The minimum absolute atomic E-state index is 0.216. The number of rotatable bonds is 7. The molecule has 0 fully saturated rings. The van der Waals surface area contributed by atoms with E-state index in [-0.39, 0.29) is 10.9 Å². The Morgan fingerprint density at radius 3 is 1.91 bits per heavy atom. The van der Waals surface area contributed by atoms with Gasteiger partial charge in [0, 0.05) is 23.1 Å². The molecule has 0 unspecified atom stereocenters. The van der Waals surface area contributed by atoms with E-state index in [1.165, 1.54) is 12.1 Å². The predicted molar refractivity (Wildman–Crippen MR) is 125 cm³/mol. The molecule has 0 aromatic heterocycles. The molecular formula is C23H23FN4O4S. The maximum Gasteiger partial charge on any atom is 0.323 e. The number of amides is 3. The minimum atomic E-state index is -3.89. The van der Waals surface area contributed by atoms with Gasteiger partial charge in [0.25, 0.3) is 5.91 Å². The number of urea groups is 1. The van der Waals surface area contributed by atoms with Gasteiger partial charge in [0.2, 0.25) is 10.0 Å². The van der Waals surface area contributed by atoms with E-state index >= 15 is 0 Å². The van der Waals surface area contributed by atoms with Crippen LogP contribution < -0.4 is 20.7 Å². The molecule has 0 spiro atoms. The third-order valence-corrected chi connectivity index (χ3v) is 5.97. The van der Waals surface area contributed by atoms with Gasteiger partial charge in [0.15, 0.2) is 0 Å². The number of hydrogen-bond acceptors (Lipinski definition) is 4. The van der Waals surface area contributed by atoms with Crippen LogP contribution in [-0.4, -0.2) is 26.4 Å². The molecule has 0 aliphatic heterocycles. The summed E-state index contributed by atoms with van der Waals surface area (Å²) in [5.41, 5.74) is 1.03. The molecule has 3 rings (SSSR count). The molecule has 8 nitrogen and oxygen atoms in total. The Balaban J connectivity index is 1.67. The van der Waals surface area contributed by atoms with Gasteiger partial charge in [-0.05, 0) is 68.4 Å². The van der Waals surface area contributed by atoms with Crippen molar-refractivity contribution in [2.24, 2.45) is 0 Å². The Morgan fingerprint density at radius 1 is 0.788 bits per heavy atom. The molecule has 10 heteroatoms. The van der Waals surface area contributed by atoms with E-state index in [1.54, 1.807) is 50.2 Å². The summed E-state index contributed by atoms with van der Waals surface area (Å²) in [7, 11) is -3.89. The lowest BCUT2D eigenvalue weighted by Gasteiger charge is -2.12. The van der Waals surface area contributed by atoms with Gasteiger partial charge >= 0.3 is 6.03 Å². The van der Waals surface area contributed by atoms with Gasteiger partial charge in [-0.1, -0.05) is 18.2 Å². The highest BCUT2D eigenvalue weighted by atomic mass is 32.2. The lowest BCUT2D eigenvalue weighted by atomic mass is 10.2. The molecule has 0 aliphatic carbocycles. The van der Waals surface area contributed by atoms with E-state index in [0.29, 0.717) is 17.1 Å². The van der Waals surface area contributed by atoms with Crippen LogP contribution in [0.25, 0.3) is 0 Å². The summed E-state index contributed by atoms with van der Waals surface area (Å²) >= 11 is 0. The van der Waals surface area contributed by atoms with Gasteiger partial charge in [0.1, 0.15) is 5.82 Å². The third kappa shape index (κ3) is 6.61. The molecule has 0 saturated heterocycles. The summed E-state index contributed by atoms with van der Waals surface area (Å²) in [6.45, 7) is 3.30.